The van der Waals surface area contributed by atoms with Crippen molar-refractivity contribution >= 4 is 54.4 Å². The Morgan fingerprint density at radius 1 is 0.222 bits per heavy atom. The number of nitrogens with zero attached hydrogens (tertiary/aromatic N) is 2. The molecule has 0 saturated carbocycles. The molecule has 11 rings (SSSR count). The van der Waals surface area contributed by atoms with E-state index in [1.807, 2.05) is 0 Å². The molecule has 0 saturated heterocycles. The number of fused-ring (bicyclic) bond motifs is 7. The first kappa shape index (κ1) is 30.5. The molecule has 9 aromatic carbocycles. The lowest BCUT2D eigenvalue weighted by Crippen LogP contribution is -1.93. The van der Waals surface area contributed by atoms with Gasteiger partial charge in [0.15, 0.2) is 0 Å². The van der Waals surface area contributed by atoms with Gasteiger partial charge in [0.05, 0.1) is 22.1 Å². The minimum Gasteiger partial charge on any atom is -0.309 e. The Hall–Kier alpha value is -7.16. The van der Waals surface area contributed by atoms with Gasteiger partial charge in [0.25, 0.3) is 0 Å². The molecule has 0 aliphatic rings. The van der Waals surface area contributed by atoms with E-state index in [-0.39, 0.29) is 0 Å². The Morgan fingerprint density at radius 2 is 0.611 bits per heavy atom. The van der Waals surface area contributed by atoms with Crippen molar-refractivity contribution in [3.8, 4) is 44.8 Å². The maximum Gasteiger partial charge on any atom is 0.0541 e. The highest BCUT2D eigenvalue weighted by atomic mass is 15.0. The van der Waals surface area contributed by atoms with Crippen LogP contribution in [-0.2, 0) is 0 Å². The van der Waals surface area contributed by atoms with Gasteiger partial charge in [-0.2, -0.15) is 0 Å². The molecule has 0 unspecified atom stereocenters. The summed E-state index contributed by atoms with van der Waals surface area (Å²) in [5.74, 6) is 0. The van der Waals surface area contributed by atoms with Gasteiger partial charge in [-0.15, -0.1) is 0 Å². The van der Waals surface area contributed by atoms with Gasteiger partial charge in [0, 0.05) is 32.9 Å². The van der Waals surface area contributed by atoms with E-state index >= 15 is 0 Å². The molecule has 2 aromatic heterocycles. The molecule has 11 aromatic rings. The van der Waals surface area contributed by atoms with Crippen LogP contribution in [0.5, 0.6) is 0 Å². The maximum absolute atomic E-state index is 2.40. The molecule has 0 aliphatic heterocycles. The molecule has 0 aliphatic carbocycles. The molecule has 0 bridgehead atoms. The van der Waals surface area contributed by atoms with Gasteiger partial charge in [-0.25, -0.2) is 0 Å². The summed E-state index contributed by atoms with van der Waals surface area (Å²) in [6, 6.07) is 75.2. The maximum atomic E-state index is 2.40. The number of aromatic nitrogens is 2. The summed E-state index contributed by atoms with van der Waals surface area (Å²) in [5.41, 5.74) is 14.5. The molecule has 252 valence electrons. The van der Waals surface area contributed by atoms with Crippen molar-refractivity contribution in [2.24, 2.45) is 0 Å². The van der Waals surface area contributed by atoms with Crippen molar-refractivity contribution < 1.29 is 0 Å². The number of hydrogen-bond acceptors (Lipinski definition) is 0. The first-order valence-electron chi connectivity index (χ1n) is 18.6. The summed E-state index contributed by atoms with van der Waals surface area (Å²) in [4.78, 5) is 0. The normalized spacial score (nSPS) is 11.7. The van der Waals surface area contributed by atoms with Crippen molar-refractivity contribution in [3.05, 3.63) is 206 Å². The topological polar surface area (TPSA) is 9.86 Å². The van der Waals surface area contributed by atoms with Gasteiger partial charge in [0.2, 0.25) is 0 Å². The van der Waals surface area contributed by atoms with E-state index in [4.69, 9.17) is 0 Å². The molecule has 2 heteroatoms. The molecule has 0 fully saturated rings. The van der Waals surface area contributed by atoms with Crippen LogP contribution in [0.15, 0.2) is 206 Å². The van der Waals surface area contributed by atoms with Crippen LogP contribution < -0.4 is 0 Å². The first-order chi connectivity index (χ1) is 26.8. The van der Waals surface area contributed by atoms with Crippen LogP contribution >= 0.6 is 0 Å². The van der Waals surface area contributed by atoms with Gasteiger partial charge in [0.1, 0.15) is 0 Å². The fourth-order valence-electron chi connectivity index (χ4n) is 8.47. The van der Waals surface area contributed by atoms with Crippen LogP contribution in [-0.4, -0.2) is 9.13 Å². The van der Waals surface area contributed by atoms with Gasteiger partial charge < -0.3 is 9.13 Å². The number of para-hydroxylation sites is 3. The highest BCUT2D eigenvalue weighted by molar-refractivity contribution is 6.11. The third-order valence-electron chi connectivity index (χ3n) is 11.1. The molecule has 2 heterocycles. The van der Waals surface area contributed by atoms with Gasteiger partial charge in [-0.1, -0.05) is 140 Å². The zero-order valence-electron chi connectivity index (χ0n) is 29.5. The minimum atomic E-state index is 1.16. The summed E-state index contributed by atoms with van der Waals surface area (Å²) in [6.45, 7) is 0. The molecule has 0 atom stereocenters. The Morgan fingerprint density at radius 3 is 1.19 bits per heavy atom. The fraction of sp³-hybridized carbons (Fsp3) is 0. The van der Waals surface area contributed by atoms with E-state index in [9.17, 15) is 0 Å². The average molecular weight is 687 g/mol. The van der Waals surface area contributed by atoms with Crippen LogP contribution in [0.4, 0.5) is 0 Å². The zero-order valence-corrected chi connectivity index (χ0v) is 29.5. The van der Waals surface area contributed by atoms with Gasteiger partial charge in [-0.3, -0.25) is 0 Å². The van der Waals surface area contributed by atoms with E-state index in [0.29, 0.717) is 0 Å². The third kappa shape index (κ3) is 4.88. The number of benzene rings is 9. The highest BCUT2D eigenvalue weighted by Gasteiger charge is 2.15. The Bertz CT molecular complexity index is 3180. The second kappa shape index (κ2) is 12.2. The zero-order chi connectivity index (χ0) is 35.6. The fourth-order valence-corrected chi connectivity index (χ4v) is 8.47. The molecule has 2 nitrogen and oxygen atoms in total. The smallest absolute Gasteiger partial charge is 0.0541 e. The molecule has 0 spiro atoms. The molecule has 0 radical (unpaired) electrons. The standard InChI is InChI=1S/C52H34N2/c1-2-12-43(13-3-1)53-49-16-8-6-14-45(49)47-33-41(26-30-51(47)53)36-18-20-37(21-19-36)42-27-31-52-48(34-42)46-15-7-9-17-50(46)54(52)44-28-24-38(25-29-44)40-23-22-35-10-4-5-11-39(35)32-40/h1-34H. The second-order valence-corrected chi connectivity index (χ2v) is 14.2. The van der Waals surface area contributed by atoms with Crippen LogP contribution in [0, 0.1) is 0 Å². The Balaban J connectivity index is 0.944. The van der Waals surface area contributed by atoms with E-state index in [0.717, 1.165) is 5.69 Å². The molecule has 0 amide bonds. The quantitative estimate of drug-likeness (QED) is 0.171. The van der Waals surface area contributed by atoms with Crippen molar-refractivity contribution in [2.75, 3.05) is 0 Å². The predicted molar refractivity (Wildman–Crippen MR) is 229 cm³/mol. The van der Waals surface area contributed by atoms with Crippen LogP contribution in [0.2, 0.25) is 0 Å². The van der Waals surface area contributed by atoms with Crippen LogP contribution in [0.25, 0.3) is 99.1 Å². The van der Waals surface area contributed by atoms with E-state index in [1.165, 1.54) is 93.5 Å². The average Bonchev–Trinajstić information content (AvgIpc) is 3.76. The van der Waals surface area contributed by atoms with Crippen molar-refractivity contribution in [1.82, 2.24) is 9.13 Å². The van der Waals surface area contributed by atoms with Gasteiger partial charge in [-0.05, 0) is 111 Å². The lowest BCUT2D eigenvalue weighted by atomic mass is 9.98. The monoisotopic (exact) mass is 686 g/mol. The van der Waals surface area contributed by atoms with Gasteiger partial charge >= 0.3 is 0 Å². The summed E-state index contributed by atoms with van der Waals surface area (Å²) < 4.78 is 4.76. The second-order valence-electron chi connectivity index (χ2n) is 14.2. The van der Waals surface area contributed by atoms with Crippen molar-refractivity contribution in [3.63, 3.8) is 0 Å². The Kier molecular flexibility index (Phi) is 6.90. The van der Waals surface area contributed by atoms with Crippen LogP contribution in [0.3, 0.4) is 0 Å². The number of hydrogen-bond donors (Lipinski definition) is 0. The summed E-state index contributed by atoms with van der Waals surface area (Å²) in [5, 5.41) is 7.57. The SMILES string of the molecule is c1ccc(-n2c3ccccc3c3cc(-c4ccc(-c5ccc6c(c5)c5ccccc5n6-c5ccc(-c6ccc7ccccc7c6)cc5)cc4)ccc32)cc1. The lowest BCUT2D eigenvalue weighted by Gasteiger charge is -2.11. The summed E-state index contributed by atoms with van der Waals surface area (Å²) in [7, 11) is 0. The largest absolute Gasteiger partial charge is 0.309 e. The molecule has 54 heavy (non-hydrogen) atoms. The molecular formula is C52H34N2. The predicted octanol–water partition coefficient (Wildman–Crippen LogP) is 14.0. The van der Waals surface area contributed by atoms with E-state index in [1.54, 1.807) is 0 Å². The summed E-state index contributed by atoms with van der Waals surface area (Å²) >= 11 is 0. The molecule has 0 N–H and O–H groups in total. The van der Waals surface area contributed by atoms with Crippen molar-refractivity contribution in [2.45, 2.75) is 0 Å². The van der Waals surface area contributed by atoms with E-state index in [2.05, 4.69) is 215 Å². The number of rotatable bonds is 5. The molecular weight excluding hydrogens is 653 g/mol. The lowest BCUT2D eigenvalue weighted by molar-refractivity contribution is 1.18. The van der Waals surface area contributed by atoms with Crippen LogP contribution in [0.1, 0.15) is 0 Å². The minimum absolute atomic E-state index is 1.16. The summed E-state index contributed by atoms with van der Waals surface area (Å²) in [6.07, 6.45) is 0. The first-order valence-corrected chi connectivity index (χ1v) is 18.6. The third-order valence-corrected chi connectivity index (χ3v) is 11.1. The Labute approximate surface area is 313 Å². The van der Waals surface area contributed by atoms with E-state index < -0.39 is 0 Å². The highest BCUT2D eigenvalue weighted by Crippen LogP contribution is 2.38. The van der Waals surface area contributed by atoms with Crippen molar-refractivity contribution in [1.29, 1.82) is 0 Å².